The number of anilines is 1. The van der Waals surface area contributed by atoms with Crippen molar-refractivity contribution in [2.75, 3.05) is 45.9 Å². The third-order valence-corrected chi connectivity index (χ3v) is 4.98. The zero-order valence-electron chi connectivity index (χ0n) is 17.9. The first-order valence-electron chi connectivity index (χ1n) is 9.85. The third-order valence-electron chi connectivity index (χ3n) is 4.16. The van der Waals surface area contributed by atoms with Crippen molar-refractivity contribution in [3.8, 4) is 5.75 Å². The van der Waals surface area contributed by atoms with E-state index < -0.39 is 0 Å². The van der Waals surface area contributed by atoms with Gasteiger partial charge >= 0.3 is 0 Å². The van der Waals surface area contributed by atoms with Gasteiger partial charge in [-0.25, -0.2) is 0 Å². The number of benzene rings is 2. The molecule has 0 radical (unpaired) electrons. The van der Waals surface area contributed by atoms with Crippen LogP contribution in [0.2, 0.25) is 0 Å². The van der Waals surface area contributed by atoms with Crippen molar-refractivity contribution in [1.82, 2.24) is 10.6 Å². The van der Waals surface area contributed by atoms with Crippen LogP contribution in [0.1, 0.15) is 27.1 Å². The second-order valence-electron chi connectivity index (χ2n) is 6.58. The topological polar surface area (TPSA) is 97.9 Å². The highest BCUT2D eigenvalue weighted by molar-refractivity contribution is 9.10. The Kier molecular flexibility index (Phi) is 11.1. The molecule has 0 aromatic heterocycles. The molecule has 8 nitrogen and oxygen atoms in total. The van der Waals surface area contributed by atoms with Crippen LogP contribution < -0.4 is 20.7 Å². The van der Waals surface area contributed by atoms with E-state index >= 15 is 0 Å². The summed E-state index contributed by atoms with van der Waals surface area (Å²) in [5.41, 5.74) is 1.47. The van der Waals surface area contributed by atoms with Crippen molar-refractivity contribution in [3.63, 3.8) is 0 Å². The lowest BCUT2D eigenvalue weighted by molar-refractivity contribution is 0.0946. The van der Waals surface area contributed by atoms with Crippen LogP contribution in [0.3, 0.4) is 0 Å². The summed E-state index contributed by atoms with van der Waals surface area (Å²) in [5.74, 6) is 0.0349. The van der Waals surface area contributed by atoms with Gasteiger partial charge in [-0.05, 0) is 71.0 Å². The Balaban J connectivity index is 1.91. The average Bonchev–Trinajstić information content (AvgIpc) is 2.77. The second-order valence-corrected chi connectivity index (χ2v) is 7.84. The molecule has 2 aromatic rings. The summed E-state index contributed by atoms with van der Waals surface area (Å²) in [7, 11) is 3.21. The molecule has 2 rings (SSSR count). The van der Waals surface area contributed by atoms with E-state index in [9.17, 15) is 9.59 Å². The number of hydrogen-bond acceptors (Lipinski definition) is 6. The van der Waals surface area contributed by atoms with Crippen LogP contribution in [-0.2, 0) is 9.47 Å². The lowest BCUT2D eigenvalue weighted by Gasteiger charge is -2.12. The van der Waals surface area contributed by atoms with E-state index in [1.54, 1.807) is 56.7 Å². The van der Waals surface area contributed by atoms with E-state index in [1.807, 2.05) is 0 Å². The molecular formula is C22H26BrN3O5S. The van der Waals surface area contributed by atoms with Gasteiger partial charge in [-0.2, -0.15) is 0 Å². The number of rotatable bonds is 11. The van der Waals surface area contributed by atoms with Crippen molar-refractivity contribution in [1.29, 1.82) is 0 Å². The van der Waals surface area contributed by atoms with Crippen molar-refractivity contribution in [2.24, 2.45) is 0 Å². The summed E-state index contributed by atoms with van der Waals surface area (Å²) < 4.78 is 16.1. The maximum absolute atomic E-state index is 12.5. The van der Waals surface area contributed by atoms with E-state index in [2.05, 4.69) is 31.9 Å². The lowest BCUT2D eigenvalue weighted by Crippen LogP contribution is -2.34. The van der Waals surface area contributed by atoms with Crippen molar-refractivity contribution >= 4 is 50.8 Å². The van der Waals surface area contributed by atoms with Crippen LogP contribution >= 0.6 is 28.1 Å². The number of thiocarbonyl (C=S) groups is 1. The second kappa shape index (κ2) is 13.8. The Morgan fingerprint density at radius 3 is 2.44 bits per heavy atom. The molecule has 172 valence electrons. The first-order valence-corrected chi connectivity index (χ1v) is 11.1. The quantitative estimate of drug-likeness (QED) is 0.306. The molecule has 32 heavy (non-hydrogen) atoms. The van der Waals surface area contributed by atoms with Crippen LogP contribution in [0.15, 0.2) is 46.9 Å². The largest absolute Gasteiger partial charge is 0.490 e. The minimum Gasteiger partial charge on any atom is -0.490 e. The molecule has 2 amide bonds. The Labute approximate surface area is 201 Å². The molecule has 3 N–H and O–H groups in total. The first kappa shape index (κ1) is 25.7. The normalized spacial score (nSPS) is 10.3. The van der Waals surface area contributed by atoms with Crippen LogP contribution in [-0.4, -0.2) is 57.5 Å². The summed E-state index contributed by atoms with van der Waals surface area (Å²) in [6.45, 7) is 1.96. The minimum absolute atomic E-state index is 0.115. The van der Waals surface area contributed by atoms with Crippen LogP contribution in [0.25, 0.3) is 0 Å². The summed E-state index contributed by atoms with van der Waals surface area (Å²) in [5, 5.41) is 8.49. The van der Waals surface area contributed by atoms with E-state index in [4.69, 9.17) is 26.4 Å². The van der Waals surface area contributed by atoms with Crippen molar-refractivity contribution < 1.29 is 23.8 Å². The monoisotopic (exact) mass is 523 g/mol. The highest BCUT2D eigenvalue weighted by atomic mass is 79.9. The number of ether oxygens (including phenoxy) is 3. The molecule has 0 aliphatic carbocycles. The number of methoxy groups -OCH3 is 2. The van der Waals surface area contributed by atoms with Gasteiger partial charge in [0.2, 0.25) is 0 Å². The summed E-state index contributed by atoms with van der Waals surface area (Å²) in [6.07, 6.45) is 0.729. The molecule has 0 spiro atoms. The van der Waals surface area contributed by atoms with Gasteiger partial charge in [-0.15, -0.1) is 0 Å². The predicted molar refractivity (Wildman–Crippen MR) is 130 cm³/mol. The fourth-order valence-electron chi connectivity index (χ4n) is 2.59. The smallest absolute Gasteiger partial charge is 0.257 e. The Hall–Kier alpha value is -2.53. The van der Waals surface area contributed by atoms with Gasteiger partial charge in [0, 0.05) is 44.2 Å². The highest BCUT2D eigenvalue weighted by Crippen LogP contribution is 2.26. The van der Waals surface area contributed by atoms with Gasteiger partial charge in [-0.1, -0.05) is 6.07 Å². The van der Waals surface area contributed by atoms with E-state index in [0.29, 0.717) is 53.4 Å². The lowest BCUT2D eigenvalue weighted by atomic mass is 10.2. The molecule has 0 saturated heterocycles. The Morgan fingerprint density at radius 2 is 1.72 bits per heavy atom. The van der Waals surface area contributed by atoms with Gasteiger partial charge in [0.1, 0.15) is 12.4 Å². The zero-order valence-corrected chi connectivity index (χ0v) is 20.3. The number of hydrogen-bond donors (Lipinski definition) is 3. The number of carbonyl (C=O) groups excluding carboxylic acids is 2. The molecule has 0 fully saturated rings. The molecule has 0 unspecified atom stereocenters. The molecule has 0 heterocycles. The first-order chi connectivity index (χ1) is 15.4. The molecule has 2 aromatic carbocycles. The Morgan fingerprint density at radius 1 is 0.969 bits per heavy atom. The van der Waals surface area contributed by atoms with Crippen LogP contribution in [0, 0.1) is 0 Å². The predicted octanol–water partition coefficient (Wildman–Crippen LogP) is 3.37. The zero-order chi connectivity index (χ0) is 23.3. The van der Waals surface area contributed by atoms with Crippen LogP contribution in [0.5, 0.6) is 5.75 Å². The molecule has 10 heteroatoms. The number of halogens is 1. The molecule has 0 atom stereocenters. The van der Waals surface area contributed by atoms with E-state index in [1.165, 1.54) is 0 Å². The maximum Gasteiger partial charge on any atom is 0.257 e. The summed E-state index contributed by atoms with van der Waals surface area (Å²) >= 11 is 8.64. The summed E-state index contributed by atoms with van der Waals surface area (Å²) in [4.78, 5) is 24.8. The van der Waals surface area contributed by atoms with E-state index in [0.717, 1.165) is 6.42 Å². The fraction of sp³-hybridized carbons (Fsp3) is 0.318. The van der Waals surface area contributed by atoms with Gasteiger partial charge in [0.25, 0.3) is 11.8 Å². The van der Waals surface area contributed by atoms with Crippen LogP contribution in [0.4, 0.5) is 5.69 Å². The molecule has 0 aliphatic rings. The standard InChI is InChI=1S/C22H26BrN3O5S/c1-29-10-4-9-24-20(27)15-5-3-6-17(13-15)25-22(32)26-21(28)16-7-8-19(18(23)14-16)31-12-11-30-2/h3,5-8,13-14H,4,9-12H2,1-2H3,(H,24,27)(H2,25,26,28,32). The Bertz CT molecular complexity index is 942. The molecule has 0 aliphatic heterocycles. The fourth-order valence-corrected chi connectivity index (χ4v) is 3.29. The number of amides is 2. The average molecular weight is 524 g/mol. The molecular weight excluding hydrogens is 498 g/mol. The summed E-state index contributed by atoms with van der Waals surface area (Å²) in [6, 6.07) is 11.8. The van der Waals surface area contributed by atoms with E-state index in [-0.39, 0.29) is 16.9 Å². The van der Waals surface area contributed by atoms with Crippen molar-refractivity contribution in [2.45, 2.75) is 6.42 Å². The highest BCUT2D eigenvalue weighted by Gasteiger charge is 2.12. The van der Waals surface area contributed by atoms with Crippen molar-refractivity contribution in [3.05, 3.63) is 58.1 Å². The SMILES string of the molecule is COCCCNC(=O)c1cccc(NC(=S)NC(=O)c2ccc(OCCOC)c(Br)c2)c1. The van der Waals surface area contributed by atoms with Gasteiger partial charge in [0.15, 0.2) is 5.11 Å². The number of nitrogens with one attached hydrogen (secondary N) is 3. The van der Waals surface area contributed by atoms with Gasteiger partial charge in [-0.3, -0.25) is 14.9 Å². The third kappa shape index (κ3) is 8.54. The molecule has 0 saturated carbocycles. The number of carbonyl (C=O) groups is 2. The maximum atomic E-state index is 12.5. The minimum atomic E-state index is -0.376. The molecule has 0 bridgehead atoms. The van der Waals surface area contributed by atoms with Gasteiger partial charge < -0.3 is 24.8 Å². The van der Waals surface area contributed by atoms with Gasteiger partial charge in [0.05, 0.1) is 11.1 Å².